The molecule has 0 radical (unpaired) electrons. The molecular weight excluding hydrogens is 488 g/mol. The van der Waals surface area contributed by atoms with E-state index < -0.39 is 28.0 Å². The highest BCUT2D eigenvalue weighted by atomic mass is 35.5. The fourth-order valence-electron chi connectivity index (χ4n) is 4.62. The molecule has 0 saturated carbocycles. The Morgan fingerprint density at radius 1 is 1.26 bits per heavy atom. The van der Waals surface area contributed by atoms with Crippen molar-refractivity contribution in [2.75, 3.05) is 26.8 Å². The zero-order valence-corrected chi connectivity index (χ0v) is 23.8. The zero-order valence-electron chi connectivity index (χ0n) is 22.3. The Kier molecular flexibility index (Phi) is 9.09. The van der Waals surface area contributed by atoms with Gasteiger partial charge in [-0.25, -0.2) is 0 Å². The van der Waals surface area contributed by atoms with Crippen molar-refractivity contribution in [2.24, 2.45) is 5.92 Å². The number of likely N-dealkylation sites (tertiary alicyclic amines) is 1. The summed E-state index contributed by atoms with van der Waals surface area (Å²) in [6, 6.07) is 3.72. The van der Waals surface area contributed by atoms with Crippen LogP contribution in [0.15, 0.2) is 12.1 Å². The van der Waals surface area contributed by atoms with Gasteiger partial charge in [0.1, 0.15) is 10.5 Å². The summed E-state index contributed by atoms with van der Waals surface area (Å²) >= 11 is 5.39. The molecule has 2 aliphatic rings. The third-order valence-electron chi connectivity index (χ3n) is 6.70. The lowest BCUT2D eigenvalue weighted by molar-refractivity contribution is -0.161. The Hall–Kier alpha value is -1.03. The summed E-state index contributed by atoms with van der Waals surface area (Å²) in [5, 5.41) is 0.678. The molecule has 3 rings (SSSR count). The van der Waals surface area contributed by atoms with Gasteiger partial charge in [-0.15, -0.1) is 4.72 Å². The van der Waals surface area contributed by atoms with Gasteiger partial charge in [0.05, 0.1) is 19.8 Å². The summed E-state index contributed by atoms with van der Waals surface area (Å²) in [6.45, 7) is 15.2. The van der Waals surface area contributed by atoms with Gasteiger partial charge in [-0.3, -0.25) is 4.79 Å². The van der Waals surface area contributed by atoms with Crippen molar-refractivity contribution in [1.29, 1.82) is 0 Å². The highest BCUT2D eigenvalue weighted by Crippen LogP contribution is 2.41. The molecule has 0 aliphatic carbocycles. The smallest absolute Gasteiger partial charge is 0.254 e. The Labute approximate surface area is 218 Å². The third kappa shape index (κ3) is 6.84. The van der Waals surface area contributed by atoms with Gasteiger partial charge in [0.25, 0.3) is 5.91 Å². The number of piperidine rings is 1. The van der Waals surface area contributed by atoms with Gasteiger partial charge in [-0.05, 0) is 77.0 Å². The molecular formula is C26H41ClN2O5S. The predicted octanol–water partition coefficient (Wildman–Crippen LogP) is 4.96. The normalized spacial score (nSPS) is 22.9. The third-order valence-corrected chi connectivity index (χ3v) is 8.61. The van der Waals surface area contributed by atoms with Crippen LogP contribution in [0.3, 0.4) is 0 Å². The van der Waals surface area contributed by atoms with E-state index in [1.165, 1.54) is 0 Å². The second kappa shape index (κ2) is 11.2. The molecule has 35 heavy (non-hydrogen) atoms. The lowest BCUT2D eigenvalue weighted by Gasteiger charge is -2.38. The lowest BCUT2D eigenvalue weighted by Crippen LogP contribution is -2.48. The highest BCUT2D eigenvalue weighted by molar-refractivity contribution is 7.90. The molecule has 1 aromatic rings. The van der Waals surface area contributed by atoms with Crippen molar-refractivity contribution in [3.8, 4) is 5.75 Å². The molecule has 7 nitrogen and oxygen atoms in total. The van der Waals surface area contributed by atoms with Crippen molar-refractivity contribution in [1.82, 2.24) is 9.62 Å². The van der Waals surface area contributed by atoms with E-state index in [1.54, 1.807) is 7.11 Å². The van der Waals surface area contributed by atoms with Gasteiger partial charge < -0.3 is 23.7 Å². The second-order valence-corrected chi connectivity index (χ2v) is 13.6. The SMILES string of the molecule is COc1cc(C(C)C)c(Cl)cc1C(N[S+]([O-])C(C)(C)C)C1CCN(C(=O)C2COC(C)(C)O2)CC1. The minimum atomic E-state index is -1.29. The predicted molar refractivity (Wildman–Crippen MR) is 140 cm³/mol. The molecule has 1 amide bonds. The van der Waals surface area contributed by atoms with E-state index in [-0.39, 0.29) is 30.4 Å². The van der Waals surface area contributed by atoms with Gasteiger partial charge in [0.2, 0.25) is 0 Å². The molecule has 2 aliphatic heterocycles. The van der Waals surface area contributed by atoms with Crippen molar-refractivity contribution in [2.45, 2.75) is 89.9 Å². The minimum Gasteiger partial charge on any atom is -0.598 e. The van der Waals surface area contributed by atoms with Gasteiger partial charge in [0, 0.05) is 35.0 Å². The molecule has 3 unspecified atom stereocenters. The Morgan fingerprint density at radius 2 is 1.89 bits per heavy atom. The standard InChI is InChI=1S/C26H41ClN2O5S/c1-16(2)18-14-21(32-8)19(13-20(18)27)23(28-35(31)25(3,4)5)17-9-11-29(12-10-17)24(30)22-15-33-26(6,7)34-22/h13-14,16-17,22-23,28H,9-12,15H2,1-8H3. The average molecular weight is 529 g/mol. The number of hydrogen-bond donors (Lipinski definition) is 1. The minimum absolute atomic E-state index is 0.0290. The fourth-order valence-corrected chi connectivity index (χ4v) is 5.91. The second-order valence-electron chi connectivity index (χ2n) is 11.2. The first-order valence-electron chi connectivity index (χ1n) is 12.4. The van der Waals surface area contributed by atoms with Crippen molar-refractivity contribution in [3.05, 3.63) is 28.3 Å². The van der Waals surface area contributed by atoms with Crippen LogP contribution in [0.25, 0.3) is 0 Å². The molecule has 1 aromatic carbocycles. The Balaban J connectivity index is 1.83. The number of carbonyl (C=O) groups excluding carboxylic acids is 1. The molecule has 0 aromatic heterocycles. The topological polar surface area (TPSA) is 83.1 Å². The summed E-state index contributed by atoms with van der Waals surface area (Å²) in [4.78, 5) is 14.9. The van der Waals surface area contributed by atoms with Crippen LogP contribution in [-0.4, -0.2) is 58.8 Å². The number of benzene rings is 1. The number of amides is 1. The molecule has 0 spiro atoms. The summed E-state index contributed by atoms with van der Waals surface area (Å²) in [5.41, 5.74) is 1.92. The number of ether oxygens (including phenoxy) is 3. The van der Waals surface area contributed by atoms with Crippen LogP contribution in [0.2, 0.25) is 5.02 Å². The van der Waals surface area contributed by atoms with E-state index in [0.717, 1.165) is 29.7 Å². The maximum atomic E-state index is 13.2. The number of halogens is 1. The van der Waals surface area contributed by atoms with Crippen LogP contribution in [0.4, 0.5) is 0 Å². The van der Waals surface area contributed by atoms with Crippen LogP contribution >= 0.6 is 11.6 Å². The number of nitrogens with zero attached hydrogens (tertiary/aromatic N) is 1. The number of methoxy groups -OCH3 is 1. The number of carbonyl (C=O) groups is 1. The molecule has 3 atom stereocenters. The summed E-state index contributed by atoms with van der Waals surface area (Å²) in [5.74, 6) is 0.374. The summed E-state index contributed by atoms with van der Waals surface area (Å²) in [6.07, 6.45) is 0.953. The first-order chi connectivity index (χ1) is 16.2. The molecule has 198 valence electrons. The maximum Gasteiger partial charge on any atom is 0.254 e. The van der Waals surface area contributed by atoms with Gasteiger partial charge in [-0.1, -0.05) is 25.4 Å². The lowest BCUT2D eigenvalue weighted by atomic mass is 9.84. The molecule has 1 N–H and O–H groups in total. The quantitative estimate of drug-likeness (QED) is 0.504. The van der Waals surface area contributed by atoms with Crippen molar-refractivity contribution < 1.29 is 23.6 Å². The molecule has 2 fully saturated rings. The zero-order chi connectivity index (χ0) is 26.1. The van der Waals surface area contributed by atoms with Gasteiger partial charge in [-0.2, -0.15) is 0 Å². The van der Waals surface area contributed by atoms with E-state index >= 15 is 0 Å². The summed E-state index contributed by atoms with van der Waals surface area (Å²) < 4.78 is 33.3. The van der Waals surface area contributed by atoms with E-state index in [0.29, 0.717) is 18.1 Å². The van der Waals surface area contributed by atoms with Gasteiger partial charge >= 0.3 is 0 Å². The fraction of sp³-hybridized carbons (Fsp3) is 0.731. The van der Waals surface area contributed by atoms with E-state index in [4.69, 9.17) is 25.8 Å². The van der Waals surface area contributed by atoms with Crippen LogP contribution in [0.1, 0.15) is 84.4 Å². The van der Waals surface area contributed by atoms with E-state index in [9.17, 15) is 9.35 Å². The number of nitrogens with one attached hydrogen (secondary N) is 1. The van der Waals surface area contributed by atoms with Gasteiger partial charge in [0.15, 0.2) is 11.9 Å². The Morgan fingerprint density at radius 3 is 2.37 bits per heavy atom. The van der Waals surface area contributed by atoms with E-state index in [1.807, 2.05) is 51.7 Å². The molecule has 2 heterocycles. The van der Waals surface area contributed by atoms with Crippen molar-refractivity contribution >= 4 is 28.9 Å². The maximum absolute atomic E-state index is 13.2. The van der Waals surface area contributed by atoms with Crippen LogP contribution < -0.4 is 9.46 Å². The number of hydrogen-bond acceptors (Lipinski definition) is 6. The number of rotatable bonds is 7. The Bertz CT molecular complexity index is 896. The van der Waals surface area contributed by atoms with Crippen LogP contribution in [-0.2, 0) is 25.6 Å². The van der Waals surface area contributed by atoms with Crippen LogP contribution in [0.5, 0.6) is 5.75 Å². The average Bonchev–Trinajstić information content (AvgIpc) is 3.15. The monoisotopic (exact) mass is 528 g/mol. The summed E-state index contributed by atoms with van der Waals surface area (Å²) in [7, 11) is 1.65. The molecule has 9 heteroatoms. The highest BCUT2D eigenvalue weighted by Gasteiger charge is 2.41. The largest absolute Gasteiger partial charge is 0.598 e. The molecule has 0 bridgehead atoms. The van der Waals surface area contributed by atoms with E-state index in [2.05, 4.69) is 18.6 Å². The van der Waals surface area contributed by atoms with Crippen molar-refractivity contribution in [3.63, 3.8) is 0 Å². The first-order valence-corrected chi connectivity index (χ1v) is 13.9. The first kappa shape index (κ1) is 28.5. The molecule has 2 saturated heterocycles. The van der Waals surface area contributed by atoms with Crippen LogP contribution in [0, 0.1) is 5.92 Å².